The lowest BCUT2D eigenvalue weighted by Crippen LogP contribution is -2.27. The second-order valence-corrected chi connectivity index (χ2v) is 5.70. The summed E-state index contributed by atoms with van der Waals surface area (Å²) >= 11 is 0. The molecular weight excluding hydrogens is 370 g/mol. The summed E-state index contributed by atoms with van der Waals surface area (Å²) in [5, 5.41) is 13.7. The average molecular weight is 387 g/mol. The lowest BCUT2D eigenvalue weighted by molar-refractivity contribution is -0.386. The molecule has 0 fully saturated rings. The molecule has 2 rings (SSSR count). The van der Waals surface area contributed by atoms with Crippen LogP contribution in [-0.2, 0) is 16.1 Å². The average Bonchev–Trinajstić information content (AvgIpc) is 2.68. The van der Waals surface area contributed by atoms with Crippen molar-refractivity contribution in [2.24, 2.45) is 0 Å². The quantitative estimate of drug-likeness (QED) is 0.331. The number of aromatic nitrogens is 1. The molecule has 10 nitrogen and oxygen atoms in total. The standard InChI is InChI=1S/C18H17N3O7/c1-3-16(23)19-13-6-4-11(5-7-13)15(22)10-20-9-12(18(25)28-2)8-14(17(20)24)21(26)27/h4-9H,3,10H2,1-2H3,(H,19,23). The van der Waals surface area contributed by atoms with Gasteiger partial charge in [-0.25, -0.2) is 4.79 Å². The number of ketones is 1. The van der Waals surface area contributed by atoms with E-state index in [0.29, 0.717) is 12.1 Å². The van der Waals surface area contributed by atoms with Crippen molar-refractivity contribution in [1.29, 1.82) is 0 Å². The van der Waals surface area contributed by atoms with Crippen molar-refractivity contribution >= 4 is 29.0 Å². The number of rotatable bonds is 7. The number of anilines is 1. The summed E-state index contributed by atoms with van der Waals surface area (Å²) in [5.41, 5.74) is -1.35. The number of nitrogens with zero attached hydrogens (tertiary/aromatic N) is 2. The maximum atomic E-state index is 12.5. The molecule has 0 atom stereocenters. The minimum atomic E-state index is -1.02. The predicted molar refractivity (Wildman–Crippen MR) is 98.4 cm³/mol. The van der Waals surface area contributed by atoms with Gasteiger partial charge < -0.3 is 14.6 Å². The molecular formula is C18H17N3O7. The van der Waals surface area contributed by atoms with Gasteiger partial charge in [0.25, 0.3) is 0 Å². The van der Waals surface area contributed by atoms with Crippen LogP contribution in [0, 0.1) is 10.1 Å². The number of carbonyl (C=O) groups excluding carboxylic acids is 3. The van der Waals surface area contributed by atoms with E-state index in [1.807, 2.05) is 0 Å². The molecule has 0 unspecified atom stereocenters. The van der Waals surface area contributed by atoms with Crippen molar-refractivity contribution in [3.05, 3.63) is 68.1 Å². The molecule has 146 valence electrons. The van der Waals surface area contributed by atoms with E-state index in [9.17, 15) is 29.3 Å². The number of Topliss-reactive ketones (excluding diaryl/α,β-unsaturated/α-hetero) is 1. The SMILES string of the molecule is CCC(=O)Nc1ccc(C(=O)Cn2cc(C(=O)OC)cc([N+](=O)[O-])c2=O)cc1. The topological polar surface area (TPSA) is 138 Å². The first-order valence-electron chi connectivity index (χ1n) is 8.17. The van der Waals surface area contributed by atoms with Crippen LogP contribution in [0.2, 0.25) is 0 Å². The van der Waals surface area contributed by atoms with Gasteiger partial charge in [-0.2, -0.15) is 0 Å². The molecule has 28 heavy (non-hydrogen) atoms. The number of nitro groups is 1. The van der Waals surface area contributed by atoms with Gasteiger partial charge in [0.2, 0.25) is 5.91 Å². The predicted octanol–water partition coefficient (Wildman–Crippen LogP) is 1.77. The van der Waals surface area contributed by atoms with Crippen LogP contribution >= 0.6 is 0 Å². The summed E-state index contributed by atoms with van der Waals surface area (Å²) < 4.78 is 5.30. The van der Waals surface area contributed by atoms with E-state index in [4.69, 9.17) is 0 Å². The van der Waals surface area contributed by atoms with E-state index >= 15 is 0 Å². The van der Waals surface area contributed by atoms with Gasteiger partial charge in [0.1, 0.15) is 0 Å². The van der Waals surface area contributed by atoms with Crippen LogP contribution in [0.25, 0.3) is 0 Å². The summed E-state index contributed by atoms with van der Waals surface area (Å²) in [7, 11) is 1.09. The summed E-state index contributed by atoms with van der Waals surface area (Å²) in [6, 6.07) is 6.77. The first kappa shape index (κ1) is 20.5. The van der Waals surface area contributed by atoms with Crippen LogP contribution in [0.15, 0.2) is 41.3 Å². The Kier molecular flexibility index (Phi) is 6.38. The third kappa shape index (κ3) is 4.67. The summed E-state index contributed by atoms with van der Waals surface area (Å²) in [6.07, 6.45) is 1.34. The molecule has 0 aliphatic heterocycles. The molecule has 0 saturated carbocycles. The van der Waals surface area contributed by atoms with Crippen LogP contribution in [0.5, 0.6) is 0 Å². The molecule has 0 aliphatic rings. The molecule has 1 N–H and O–H groups in total. The van der Waals surface area contributed by atoms with Gasteiger partial charge in [-0.3, -0.25) is 24.5 Å². The fourth-order valence-electron chi connectivity index (χ4n) is 2.33. The molecule has 0 aliphatic carbocycles. The fourth-order valence-corrected chi connectivity index (χ4v) is 2.33. The number of carbonyl (C=O) groups is 3. The smallest absolute Gasteiger partial charge is 0.339 e. The highest BCUT2D eigenvalue weighted by atomic mass is 16.6. The van der Waals surface area contributed by atoms with Gasteiger partial charge in [-0.1, -0.05) is 6.92 Å². The number of methoxy groups -OCH3 is 1. The van der Waals surface area contributed by atoms with Gasteiger partial charge in [0.05, 0.1) is 24.1 Å². The van der Waals surface area contributed by atoms with Crippen molar-refractivity contribution in [2.45, 2.75) is 19.9 Å². The van der Waals surface area contributed by atoms with Gasteiger partial charge >= 0.3 is 17.2 Å². The Hall–Kier alpha value is -3.82. The Morgan fingerprint density at radius 2 is 1.82 bits per heavy atom. The highest BCUT2D eigenvalue weighted by Crippen LogP contribution is 2.13. The molecule has 10 heteroatoms. The zero-order chi connectivity index (χ0) is 20.8. The minimum Gasteiger partial charge on any atom is -0.465 e. The van der Waals surface area contributed by atoms with E-state index in [2.05, 4.69) is 10.1 Å². The molecule has 1 aromatic heterocycles. The number of hydrogen-bond acceptors (Lipinski definition) is 7. The normalized spacial score (nSPS) is 10.2. The van der Waals surface area contributed by atoms with Crippen LogP contribution in [0.4, 0.5) is 11.4 Å². The van der Waals surface area contributed by atoms with E-state index in [1.54, 1.807) is 6.92 Å². The maximum absolute atomic E-state index is 12.5. The molecule has 1 heterocycles. The Balaban J connectivity index is 2.31. The second kappa shape index (κ2) is 8.71. The number of hydrogen-bond donors (Lipinski definition) is 1. The summed E-state index contributed by atoms with van der Waals surface area (Å²) in [4.78, 5) is 57.9. The maximum Gasteiger partial charge on any atom is 0.339 e. The Bertz CT molecular complexity index is 993. The molecule has 0 bridgehead atoms. The molecule has 1 aromatic carbocycles. The molecule has 1 amide bonds. The lowest BCUT2D eigenvalue weighted by atomic mass is 10.1. The van der Waals surface area contributed by atoms with Crippen LogP contribution in [-0.4, -0.2) is 34.3 Å². The lowest BCUT2D eigenvalue weighted by Gasteiger charge is -2.08. The van der Waals surface area contributed by atoms with E-state index in [-0.39, 0.29) is 17.0 Å². The van der Waals surface area contributed by atoms with E-state index in [1.165, 1.54) is 24.3 Å². The Morgan fingerprint density at radius 3 is 2.36 bits per heavy atom. The van der Waals surface area contributed by atoms with Crippen LogP contribution in [0.1, 0.15) is 34.1 Å². The number of nitrogens with one attached hydrogen (secondary N) is 1. The highest BCUT2D eigenvalue weighted by Gasteiger charge is 2.21. The van der Waals surface area contributed by atoms with E-state index in [0.717, 1.165) is 23.9 Å². The number of esters is 1. The third-order valence-corrected chi connectivity index (χ3v) is 3.81. The van der Waals surface area contributed by atoms with Gasteiger partial charge in [0, 0.05) is 29.9 Å². The van der Waals surface area contributed by atoms with Gasteiger partial charge in [-0.15, -0.1) is 0 Å². The first-order chi connectivity index (χ1) is 13.3. The van der Waals surface area contributed by atoms with Crippen molar-refractivity contribution in [3.8, 4) is 0 Å². The number of pyridine rings is 1. The molecule has 0 spiro atoms. The van der Waals surface area contributed by atoms with Crippen molar-refractivity contribution in [3.63, 3.8) is 0 Å². The third-order valence-electron chi connectivity index (χ3n) is 3.81. The van der Waals surface area contributed by atoms with Crippen LogP contribution in [0.3, 0.4) is 0 Å². The van der Waals surface area contributed by atoms with Gasteiger partial charge in [0.15, 0.2) is 5.78 Å². The summed E-state index contributed by atoms with van der Waals surface area (Å²) in [5.74, 6) is -1.57. The molecule has 0 saturated heterocycles. The fraction of sp³-hybridized carbons (Fsp3) is 0.222. The van der Waals surface area contributed by atoms with Crippen molar-refractivity contribution < 1.29 is 24.0 Å². The second-order valence-electron chi connectivity index (χ2n) is 5.70. The number of benzene rings is 1. The van der Waals surface area contributed by atoms with Crippen molar-refractivity contribution in [1.82, 2.24) is 4.57 Å². The monoisotopic (exact) mass is 387 g/mol. The van der Waals surface area contributed by atoms with Crippen LogP contribution < -0.4 is 10.9 Å². The zero-order valence-electron chi connectivity index (χ0n) is 15.1. The Labute approximate surface area is 158 Å². The molecule has 0 radical (unpaired) electrons. The number of ether oxygens (including phenoxy) is 1. The molecule has 2 aromatic rings. The Morgan fingerprint density at radius 1 is 1.18 bits per heavy atom. The zero-order valence-corrected chi connectivity index (χ0v) is 15.1. The van der Waals surface area contributed by atoms with Crippen molar-refractivity contribution in [2.75, 3.05) is 12.4 Å². The van der Waals surface area contributed by atoms with E-state index < -0.39 is 34.5 Å². The first-order valence-corrected chi connectivity index (χ1v) is 8.17. The van der Waals surface area contributed by atoms with Gasteiger partial charge in [-0.05, 0) is 24.3 Å². The summed E-state index contributed by atoms with van der Waals surface area (Å²) in [6.45, 7) is 1.19. The number of amides is 1. The largest absolute Gasteiger partial charge is 0.465 e. The minimum absolute atomic E-state index is 0.183. The highest BCUT2D eigenvalue weighted by molar-refractivity contribution is 5.97.